The van der Waals surface area contributed by atoms with Crippen LogP contribution < -0.4 is 10.7 Å². The minimum Gasteiger partial charge on any atom is -0.377 e. The number of carbonyl (C=O) groups is 1. The Labute approximate surface area is 195 Å². The lowest BCUT2D eigenvalue weighted by Gasteiger charge is -2.11. The number of amides is 1. The van der Waals surface area contributed by atoms with Crippen molar-refractivity contribution in [3.63, 3.8) is 0 Å². The van der Waals surface area contributed by atoms with Crippen molar-refractivity contribution < 1.29 is 4.79 Å². The number of thioether (sulfide) groups is 1. The maximum absolute atomic E-state index is 12.2. The van der Waals surface area contributed by atoms with Gasteiger partial charge in [-0.25, -0.2) is 5.43 Å². The molecule has 0 saturated carbocycles. The Balaban J connectivity index is 1.37. The summed E-state index contributed by atoms with van der Waals surface area (Å²) in [6, 6.07) is 19.8. The smallest absolute Gasteiger partial charge is 0.250 e. The van der Waals surface area contributed by atoms with Crippen molar-refractivity contribution in [2.75, 3.05) is 11.1 Å². The number of carbonyl (C=O) groups excluding carboxylic acids is 1. The van der Waals surface area contributed by atoms with E-state index in [2.05, 4.69) is 55.8 Å². The lowest BCUT2D eigenvalue weighted by molar-refractivity contribution is -0.118. The van der Waals surface area contributed by atoms with Gasteiger partial charge in [-0.3, -0.25) is 9.78 Å². The van der Waals surface area contributed by atoms with Crippen LogP contribution in [0.2, 0.25) is 0 Å². The summed E-state index contributed by atoms with van der Waals surface area (Å²) >= 11 is 1.30. The molecule has 166 valence electrons. The molecule has 2 N–H and O–H groups in total. The number of hydrogen-bond acceptors (Lipinski definition) is 7. The molecule has 0 saturated heterocycles. The number of fused-ring (bicyclic) bond motifs is 1. The fourth-order valence-corrected chi connectivity index (χ4v) is 3.97. The number of allylic oxidation sites excluding steroid dienone is 1. The number of rotatable bonds is 10. The molecular formula is C24H23N7OS. The summed E-state index contributed by atoms with van der Waals surface area (Å²) in [6.45, 7) is 4.87. The second kappa shape index (κ2) is 11.1. The van der Waals surface area contributed by atoms with Gasteiger partial charge in [-0.15, -0.1) is 16.8 Å². The summed E-state index contributed by atoms with van der Waals surface area (Å²) < 4.78 is 1.94. The Morgan fingerprint density at radius 3 is 2.79 bits per heavy atom. The highest BCUT2D eigenvalue weighted by atomic mass is 32.2. The Kier molecular flexibility index (Phi) is 7.44. The molecule has 1 amide bonds. The number of aromatic nitrogens is 4. The maximum Gasteiger partial charge on any atom is 0.250 e. The first-order valence-electron chi connectivity index (χ1n) is 10.3. The predicted molar refractivity (Wildman–Crippen MR) is 132 cm³/mol. The second-order valence-electron chi connectivity index (χ2n) is 7.01. The second-order valence-corrected chi connectivity index (χ2v) is 7.96. The molecule has 0 radical (unpaired) electrons. The lowest BCUT2D eigenvalue weighted by atomic mass is 10.1. The van der Waals surface area contributed by atoms with Crippen molar-refractivity contribution in [1.29, 1.82) is 0 Å². The van der Waals surface area contributed by atoms with Gasteiger partial charge in [0.1, 0.15) is 0 Å². The molecule has 4 rings (SSSR count). The van der Waals surface area contributed by atoms with Gasteiger partial charge < -0.3 is 9.88 Å². The average molecular weight is 458 g/mol. The van der Waals surface area contributed by atoms with Gasteiger partial charge in [0.25, 0.3) is 5.91 Å². The van der Waals surface area contributed by atoms with Crippen molar-refractivity contribution in [2.24, 2.45) is 5.10 Å². The van der Waals surface area contributed by atoms with Gasteiger partial charge in [-0.2, -0.15) is 5.10 Å². The van der Waals surface area contributed by atoms with Crippen molar-refractivity contribution in [2.45, 2.75) is 18.2 Å². The van der Waals surface area contributed by atoms with E-state index in [1.165, 1.54) is 23.4 Å². The third kappa shape index (κ3) is 5.83. The van der Waals surface area contributed by atoms with E-state index >= 15 is 0 Å². The van der Waals surface area contributed by atoms with Crippen molar-refractivity contribution >= 4 is 40.3 Å². The fraction of sp³-hybridized carbons (Fsp3) is 0.125. The SMILES string of the molecule is C=CCn1c(CNc2cccc3ccccc23)nnc1SCC(=O)N/N=C\c1ccccn1. The van der Waals surface area contributed by atoms with Crippen molar-refractivity contribution in [1.82, 2.24) is 25.2 Å². The number of hydrogen-bond donors (Lipinski definition) is 2. The normalized spacial score (nSPS) is 11.0. The lowest BCUT2D eigenvalue weighted by Crippen LogP contribution is -2.20. The van der Waals surface area contributed by atoms with E-state index in [0.717, 1.165) is 16.9 Å². The summed E-state index contributed by atoms with van der Waals surface area (Å²) in [5, 5.41) is 18.9. The molecule has 2 heterocycles. The van der Waals surface area contributed by atoms with E-state index in [9.17, 15) is 4.79 Å². The van der Waals surface area contributed by atoms with Gasteiger partial charge in [-0.1, -0.05) is 60.3 Å². The number of hydrazone groups is 1. The summed E-state index contributed by atoms with van der Waals surface area (Å²) in [7, 11) is 0. The standard InChI is InChI=1S/C24H23N7OS/c1-2-14-31-22(16-26-21-12-7-9-18-8-3-4-11-20(18)21)28-30-24(31)33-17-23(32)29-27-15-19-10-5-6-13-25-19/h2-13,15,26H,1,14,16-17H2,(H,29,32)/b27-15-. The molecular weight excluding hydrogens is 434 g/mol. The molecule has 33 heavy (non-hydrogen) atoms. The molecule has 9 heteroatoms. The van der Waals surface area contributed by atoms with Crippen LogP contribution in [-0.2, 0) is 17.9 Å². The quantitative estimate of drug-likeness (QED) is 0.162. The largest absolute Gasteiger partial charge is 0.377 e. The number of nitrogens with zero attached hydrogens (tertiary/aromatic N) is 5. The molecule has 8 nitrogen and oxygen atoms in total. The average Bonchev–Trinajstić information content (AvgIpc) is 3.23. The van der Waals surface area contributed by atoms with Gasteiger partial charge in [0, 0.05) is 23.8 Å². The highest BCUT2D eigenvalue weighted by Gasteiger charge is 2.13. The van der Waals surface area contributed by atoms with Crippen molar-refractivity contribution in [3.05, 3.63) is 91.0 Å². The monoisotopic (exact) mass is 457 g/mol. The van der Waals surface area contributed by atoms with E-state index in [0.29, 0.717) is 23.9 Å². The van der Waals surface area contributed by atoms with E-state index in [1.54, 1.807) is 18.3 Å². The molecule has 0 aliphatic rings. The minimum absolute atomic E-state index is 0.158. The maximum atomic E-state index is 12.2. The van der Waals surface area contributed by atoms with Gasteiger partial charge in [0.15, 0.2) is 11.0 Å². The first-order chi connectivity index (χ1) is 16.2. The Morgan fingerprint density at radius 2 is 1.94 bits per heavy atom. The van der Waals surface area contributed by atoms with Crippen LogP contribution in [0.25, 0.3) is 10.8 Å². The van der Waals surface area contributed by atoms with Crippen LogP contribution in [0.15, 0.2) is 89.8 Å². The zero-order valence-electron chi connectivity index (χ0n) is 17.9. The summed E-state index contributed by atoms with van der Waals surface area (Å²) in [6.07, 6.45) is 4.95. The Bertz CT molecular complexity index is 1270. The molecule has 0 bridgehead atoms. The molecule has 0 spiro atoms. The molecule has 0 fully saturated rings. The number of pyridine rings is 1. The first-order valence-corrected chi connectivity index (χ1v) is 11.3. The fourth-order valence-electron chi connectivity index (χ4n) is 3.21. The summed E-state index contributed by atoms with van der Waals surface area (Å²) in [5.74, 6) is 0.681. The number of anilines is 1. The first kappa shape index (κ1) is 22.2. The van der Waals surface area contributed by atoms with Gasteiger partial charge in [0.2, 0.25) is 0 Å². The molecule has 4 aromatic rings. The third-order valence-corrected chi connectivity index (χ3v) is 5.70. The van der Waals surface area contributed by atoms with Crippen LogP contribution in [0.5, 0.6) is 0 Å². The van der Waals surface area contributed by atoms with E-state index < -0.39 is 0 Å². The zero-order valence-corrected chi connectivity index (χ0v) is 18.7. The third-order valence-electron chi connectivity index (χ3n) is 4.74. The molecule has 0 unspecified atom stereocenters. The zero-order chi connectivity index (χ0) is 22.9. The molecule has 0 aliphatic carbocycles. The van der Waals surface area contributed by atoms with Gasteiger partial charge >= 0.3 is 0 Å². The highest BCUT2D eigenvalue weighted by Crippen LogP contribution is 2.24. The molecule has 0 aliphatic heterocycles. The van der Waals surface area contributed by atoms with Crippen LogP contribution in [-0.4, -0.2) is 37.6 Å². The molecule has 2 aromatic heterocycles. The van der Waals surface area contributed by atoms with Crippen LogP contribution in [0.3, 0.4) is 0 Å². The van der Waals surface area contributed by atoms with Crippen LogP contribution in [0.1, 0.15) is 11.5 Å². The highest BCUT2D eigenvalue weighted by molar-refractivity contribution is 7.99. The van der Waals surface area contributed by atoms with Crippen LogP contribution in [0.4, 0.5) is 5.69 Å². The van der Waals surface area contributed by atoms with E-state index in [1.807, 2.05) is 41.0 Å². The van der Waals surface area contributed by atoms with Gasteiger partial charge in [-0.05, 0) is 23.6 Å². The Hall–Kier alpha value is -3.98. The predicted octanol–water partition coefficient (Wildman–Crippen LogP) is 3.87. The summed E-state index contributed by atoms with van der Waals surface area (Å²) in [5.41, 5.74) is 4.20. The number of benzene rings is 2. The van der Waals surface area contributed by atoms with Gasteiger partial charge in [0.05, 0.1) is 24.2 Å². The minimum atomic E-state index is -0.240. The van der Waals surface area contributed by atoms with Crippen LogP contribution >= 0.6 is 11.8 Å². The van der Waals surface area contributed by atoms with Crippen LogP contribution in [0, 0.1) is 0 Å². The van der Waals surface area contributed by atoms with E-state index in [4.69, 9.17) is 0 Å². The topological polar surface area (TPSA) is 97.1 Å². The van der Waals surface area contributed by atoms with E-state index in [-0.39, 0.29) is 11.7 Å². The number of nitrogens with one attached hydrogen (secondary N) is 2. The molecule has 0 atom stereocenters. The Morgan fingerprint density at radius 1 is 1.09 bits per heavy atom. The van der Waals surface area contributed by atoms with Crippen molar-refractivity contribution in [3.8, 4) is 0 Å². The molecule has 2 aromatic carbocycles. The summed E-state index contributed by atoms with van der Waals surface area (Å²) in [4.78, 5) is 16.3.